The number of carboxylic acid groups (broad SMARTS) is 1. The van der Waals surface area contributed by atoms with E-state index in [4.69, 9.17) is 5.11 Å². The van der Waals surface area contributed by atoms with Crippen LogP contribution >= 0.6 is 0 Å². The van der Waals surface area contributed by atoms with Crippen molar-refractivity contribution in [1.82, 2.24) is 4.90 Å². The predicted molar refractivity (Wildman–Crippen MR) is 41.5 cm³/mol. The summed E-state index contributed by atoms with van der Waals surface area (Å²) in [5, 5.41) is 8.35. The first-order chi connectivity index (χ1) is 5.29. The maximum atomic E-state index is 10.2. The molecule has 1 rings (SSSR count). The summed E-state index contributed by atoms with van der Waals surface area (Å²) >= 11 is 0. The van der Waals surface area contributed by atoms with Gasteiger partial charge in [0.25, 0.3) is 0 Å². The quantitative estimate of drug-likeness (QED) is 0.636. The lowest BCUT2D eigenvalue weighted by Gasteiger charge is -2.17. The Labute approximate surface area is 64.8 Å². The molecule has 0 saturated heterocycles. The van der Waals surface area contributed by atoms with Gasteiger partial charge in [-0.25, -0.2) is 4.99 Å². The molecule has 60 valence electrons. The van der Waals surface area contributed by atoms with E-state index in [1.54, 1.807) is 12.5 Å². The number of hydrogen-bond acceptors (Lipinski definition) is 3. The molecule has 0 radical (unpaired) electrons. The van der Waals surface area contributed by atoms with Crippen molar-refractivity contribution < 1.29 is 9.90 Å². The highest BCUT2D eigenvalue weighted by molar-refractivity contribution is 5.67. The van der Waals surface area contributed by atoms with E-state index in [0.29, 0.717) is 6.54 Å². The van der Waals surface area contributed by atoms with Crippen molar-refractivity contribution in [3.8, 4) is 0 Å². The number of nitrogens with zero attached hydrogens (tertiary/aromatic N) is 2. The molecule has 0 bridgehead atoms. The normalized spacial score (nSPS) is 15.5. The third kappa shape index (κ3) is 2.84. The summed E-state index contributed by atoms with van der Waals surface area (Å²) in [5.74, 6) is -0.770. The fourth-order valence-electron chi connectivity index (χ4n) is 0.812. The molecule has 1 N–H and O–H groups in total. The second kappa shape index (κ2) is 3.75. The molecule has 0 unspecified atom stereocenters. The molecule has 0 saturated carbocycles. The summed E-state index contributed by atoms with van der Waals surface area (Å²) in [7, 11) is 0. The van der Waals surface area contributed by atoms with Crippen molar-refractivity contribution >= 4 is 12.3 Å². The molecular weight excluding hydrogens is 144 g/mol. The monoisotopic (exact) mass is 154 g/mol. The molecule has 4 nitrogen and oxygen atoms in total. The van der Waals surface area contributed by atoms with E-state index in [1.807, 2.05) is 11.0 Å². The van der Waals surface area contributed by atoms with Crippen LogP contribution in [-0.2, 0) is 4.79 Å². The standard InChI is InChI=1S/C7H10N2O2/c10-7(11)2-5-9-4-1-3-8-6-9/h1,3,6H,2,4-5H2,(H,10,11). The minimum Gasteiger partial charge on any atom is -0.481 e. The third-order valence-electron chi connectivity index (χ3n) is 1.37. The molecule has 0 aromatic heterocycles. The smallest absolute Gasteiger partial charge is 0.305 e. The Balaban J connectivity index is 2.22. The number of rotatable bonds is 3. The summed E-state index contributed by atoms with van der Waals surface area (Å²) in [6, 6.07) is 0. The van der Waals surface area contributed by atoms with E-state index in [0.717, 1.165) is 6.54 Å². The fraction of sp³-hybridized carbons (Fsp3) is 0.429. The minimum absolute atomic E-state index is 0.167. The average Bonchev–Trinajstić information content (AvgIpc) is 2.03. The predicted octanol–water partition coefficient (Wildman–Crippen LogP) is 0.319. The number of hydrogen-bond donors (Lipinski definition) is 1. The van der Waals surface area contributed by atoms with Crippen LogP contribution in [0.25, 0.3) is 0 Å². The van der Waals surface area contributed by atoms with Crippen LogP contribution in [0.3, 0.4) is 0 Å². The first-order valence-corrected chi connectivity index (χ1v) is 3.43. The molecule has 4 heteroatoms. The average molecular weight is 154 g/mol. The number of aliphatic carboxylic acids is 1. The van der Waals surface area contributed by atoms with E-state index >= 15 is 0 Å². The van der Waals surface area contributed by atoms with Gasteiger partial charge < -0.3 is 10.0 Å². The number of aliphatic imine (C=N–C) groups is 1. The van der Waals surface area contributed by atoms with Crippen molar-refractivity contribution in [2.75, 3.05) is 13.1 Å². The molecular formula is C7H10N2O2. The highest BCUT2D eigenvalue weighted by atomic mass is 16.4. The molecule has 1 aliphatic rings. The molecule has 1 aliphatic heterocycles. The van der Waals surface area contributed by atoms with Crippen LogP contribution in [0.2, 0.25) is 0 Å². The van der Waals surface area contributed by atoms with Crippen LogP contribution in [0.5, 0.6) is 0 Å². The Morgan fingerprint density at radius 1 is 1.73 bits per heavy atom. The van der Waals surface area contributed by atoms with E-state index in [2.05, 4.69) is 4.99 Å². The molecule has 0 aromatic carbocycles. The Kier molecular flexibility index (Phi) is 2.66. The van der Waals surface area contributed by atoms with Crippen LogP contribution in [-0.4, -0.2) is 35.4 Å². The van der Waals surface area contributed by atoms with Gasteiger partial charge in [-0.1, -0.05) is 0 Å². The Morgan fingerprint density at radius 3 is 3.09 bits per heavy atom. The Morgan fingerprint density at radius 2 is 2.55 bits per heavy atom. The third-order valence-corrected chi connectivity index (χ3v) is 1.37. The molecule has 0 fully saturated rings. The molecule has 0 amide bonds. The minimum atomic E-state index is -0.770. The SMILES string of the molecule is O=C(O)CCN1C=NC=CC1. The Bertz CT molecular complexity index is 199. The van der Waals surface area contributed by atoms with Gasteiger partial charge in [0.1, 0.15) is 0 Å². The molecule has 0 spiro atoms. The van der Waals surface area contributed by atoms with Gasteiger partial charge >= 0.3 is 5.97 Å². The van der Waals surface area contributed by atoms with Gasteiger partial charge in [-0.2, -0.15) is 0 Å². The van der Waals surface area contributed by atoms with Gasteiger partial charge in [-0.05, 0) is 6.08 Å². The molecule has 1 heterocycles. The van der Waals surface area contributed by atoms with Crippen LogP contribution < -0.4 is 0 Å². The van der Waals surface area contributed by atoms with E-state index in [1.165, 1.54) is 0 Å². The summed E-state index contributed by atoms with van der Waals surface area (Å²) in [6.45, 7) is 1.29. The maximum absolute atomic E-state index is 10.2. The highest BCUT2D eigenvalue weighted by Gasteiger charge is 2.02. The lowest BCUT2D eigenvalue weighted by molar-refractivity contribution is -0.137. The summed E-state index contributed by atoms with van der Waals surface area (Å²) < 4.78 is 0. The first-order valence-electron chi connectivity index (χ1n) is 3.43. The molecule has 0 atom stereocenters. The number of carboxylic acids is 1. The summed E-state index contributed by atoms with van der Waals surface area (Å²) in [6.07, 6.45) is 5.42. The van der Waals surface area contributed by atoms with Gasteiger partial charge in [0.05, 0.1) is 12.8 Å². The second-order valence-corrected chi connectivity index (χ2v) is 2.29. The van der Waals surface area contributed by atoms with Crippen LogP contribution in [0.1, 0.15) is 6.42 Å². The van der Waals surface area contributed by atoms with Gasteiger partial charge in [0.2, 0.25) is 0 Å². The molecule has 0 aromatic rings. The van der Waals surface area contributed by atoms with E-state index in [9.17, 15) is 4.79 Å². The van der Waals surface area contributed by atoms with Crippen LogP contribution in [0.15, 0.2) is 17.3 Å². The lowest BCUT2D eigenvalue weighted by atomic mass is 10.4. The summed E-state index contributed by atoms with van der Waals surface area (Å²) in [5.41, 5.74) is 0. The van der Waals surface area contributed by atoms with Gasteiger partial charge in [-0.15, -0.1) is 0 Å². The van der Waals surface area contributed by atoms with Crippen molar-refractivity contribution in [3.63, 3.8) is 0 Å². The first kappa shape index (κ1) is 7.78. The van der Waals surface area contributed by atoms with Crippen molar-refractivity contribution in [3.05, 3.63) is 12.3 Å². The lowest BCUT2D eigenvalue weighted by Crippen LogP contribution is -2.26. The zero-order valence-electron chi connectivity index (χ0n) is 6.10. The largest absolute Gasteiger partial charge is 0.481 e. The van der Waals surface area contributed by atoms with Crippen LogP contribution in [0.4, 0.5) is 0 Å². The number of carbonyl (C=O) groups is 1. The van der Waals surface area contributed by atoms with Crippen molar-refractivity contribution in [2.45, 2.75) is 6.42 Å². The van der Waals surface area contributed by atoms with E-state index in [-0.39, 0.29) is 6.42 Å². The molecule has 0 aliphatic carbocycles. The zero-order chi connectivity index (χ0) is 8.10. The van der Waals surface area contributed by atoms with Gasteiger partial charge in [-0.3, -0.25) is 4.79 Å². The molecule has 11 heavy (non-hydrogen) atoms. The highest BCUT2D eigenvalue weighted by Crippen LogP contribution is 1.94. The zero-order valence-corrected chi connectivity index (χ0v) is 6.10. The maximum Gasteiger partial charge on any atom is 0.305 e. The van der Waals surface area contributed by atoms with Crippen LogP contribution in [0, 0.1) is 0 Å². The van der Waals surface area contributed by atoms with Crippen molar-refractivity contribution in [2.24, 2.45) is 4.99 Å². The Hall–Kier alpha value is -1.32. The van der Waals surface area contributed by atoms with E-state index < -0.39 is 5.97 Å². The second-order valence-electron chi connectivity index (χ2n) is 2.29. The topological polar surface area (TPSA) is 52.9 Å². The van der Waals surface area contributed by atoms with Crippen molar-refractivity contribution in [1.29, 1.82) is 0 Å². The fourth-order valence-corrected chi connectivity index (χ4v) is 0.812. The van der Waals surface area contributed by atoms with Gasteiger partial charge in [0, 0.05) is 19.3 Å². The summed E-state index contributed by atoms with van der Waals surface area (Å²) in [4.78, 5) is 15.9. The van der Waals surface area contributed by atoms with Gasteiger partial charge in [0.15, 0.2) is 0 Å².